The molecule has 0 radical (unpaired) electrons. The summed E-state index contributed by atoms with van der Waals surface area (Å²) in [4.78, 5) is 2.54. The van der Waals surface area contributed by atoms with Crippen LogP contribution in [0, 0.1) is 0 Å². The Hall–Kier alpha value is -6.06. The van der Waals surface area contributed by atoms with Crippen molar-refractivity contribution in [2.75, 3.05) is 4.90 Å². The lowest BCUT2D eigenvalue weighted by molar-refractivity contribution is 0.744. The molecule has 3 aliphatic carbocycles. The van der Waals surface area contributed by atoms with Crippen molar-refractivity contribution in [1.29, 1.82) is 0 Å². The van der Waals surface area contributed by atoms with Crippen LogP contribution >= 0.6 is 0 Å². The molecular weight excluding hydrogens is 619 g/mol. The third kappa shape index (κ3) is 4.24. The number of para-hydroxylation sites is 1. The zero-order chi connectivity index (χ0) is 33.5. The van der Waals surface area contributed by atoms with Crippen molar-refractivity contribution in [3.63, 3.8) is 0 Å². The highest BCUT2D eigenvalue weighted by Gasteiger charge is 2.38. The van der Waals surface area contributed by atoms with Gasteiger partial charge in [-0.25, -0.2) is 0 Å². The molecule has 4 aliphatic rings. The van der Waals surface area contributed by atoms with Crippen LogP contribution in [0.4, 0.5) is 11.4 Å². The molecule has 0 spiro atoms. The second kappa shape index (κ2) is 11.2. The van der Waals surface area contributed by atoms with E-state index < -0.39 is 0 Å². The summed E-state index contributed by atoms with van der Waals surface area (Å²) < 4.78 is 5.10. The Balaban J connectivity index is 1.10. The van der Waals surface area contributed by atoms with Crippen molar-refractivity contribution >= 4 is 45.3 Å². The van der Waals surface area contributed by atoms with Gasteiger partial charge in [-0.3, -0.25) is 0 Å². The van der Waals surface area contributed by atoms with Crippen molar-refractivity contribution in [1.82, 2.24) is 9.13 Å². The van der Waals surface area contributed by atoms with Gasteiger partial charge in [0.1, 0.15) is 0 Å². The Labute approximate surface area is 298 Å². The van der Waals surface area contributed by atoms with E-state index in [2.05, 4.69) is 178 Å². The van der Waals surface area contributed by atoms with E-state index in [1.165, 1.54) is 83.8 Å². The fourth-order valence-corrected chi connectivity index (χ4v) is 9.41. The maximum Gasteiger partial charge on any atom is 0.0629 e. The molecule has 0 saturated heterocycles. The van der Waals surface area contributed by atoms with Crippen molar-refractivity contribution in [2.24, 2.45) is 0 Å². The Morgan fingerprint density at radius 3 is 2.33 bits per heavy atom. The van der Waals surface area contributed by atoms with Gasteiger partial charge in [0.25, 0.3) is 0 Å². The number of fused-ring (bicyclic) bond motifs is 9. The Bertz CT molecular complexity index is 2660. The van der Waals surface area contributed by atoms with Crippen molar-refractivity contribution in [3.05, 3.63) is 180 Å². The molecule has 51 heavy (non-hydrogen) atoms. The van der Waals surface area contributed by atoms with Crippen LogP contribution in [0.25, 0.3) is 56.5 Å². The summed E-state index contributed by atoms with van der Waals surface area (Å²) in [6.45, 7) is 0. The topological polar surface area (TPSA) is 13.1 Å². The van der Waals surface area contributed by atoms with Gasteiger partial charge in [0.2, 0.25) is 0 Å². The Morgan fingerprint density at radius 1 is 0.569 bits per heavy atom. The molecule has 2 unspecified atom stereocenters. The van der Waals surface area contributed by atoms with Gasteiger partial charge in [0.15, 0.2) is 0 Å². The molecule has 0 saturated carbocycles. The lowest BCUT2D eigenvalue weighted by Crippen LogP contribution is -2.28. The molecule has 11 rings (SSSR count). The summed E-state index contributed by atoms with van der Waals surface area (Å²) in [6, 6.07) is 43.0. The number of nitrogens with zero attached hydrogens (tertiary/aromatic N) is 3. The van der Waals surface area contributed by atoms with Crippen LogP contribution in [-0.4, -0.2) is 15.2 Å². The van der Waals surface area contributed by atoms with E-state index in [-0.39, 0.29) is 12.0 Å². The zero-order valence-corrected chi connectivity index (χ0v) is 28.4. The quantitative estimate of drug-likeness (QED) is 0.184. The van der Waals surface area contributed by atoms with Crippen LogP contribution < -0.4 is 4.90 Å². The molecule has 2 atom stereocenters. The summed E-state index contributed by atoms with van der Waals surface area (Å²) in [6.07, 6.45) is 23.0. The van der Waals surface area contributed by atoms with E-state index in [9.17, 15) is 0 Å². The smallest absolute Gasteiger partial charge is 0.0629 e. The highest BCUT2D eigenvalue weighted by Crippen LogP contribution is 2.49. The largest absolute Gasteiger partial charge is 0.333 e. The first kappa shape index (κ1) is 28.7. The van der Waals surface area contributed by atoms with E-state index in [0.717, 1.165) is 25.7 Å². The molecule has 2 aromatic heterocycles. The number of anilines is 2. The van der Waals surface area contributed by atoms with Gasteiger partial charge in [-0.15, -0.1) is 0 Å². The zero-order valence-electron chi connectivity index (χ0n) is 28.4. The number of benzene rings is 5. The lowest BCUT2D eigenvalue weighted by atomic mass is 9.91. The van der Waals surface area contributed by atoms with Gasteiger partial charge in [-0.1, -0.05) is 109 Å². The average Bonchev–Trinajstić information content (AvgIpc) is 3.84. The normalized spacial score (nSPS) is 18.3. The predicted octanol–water partition coefficient (Wildman–Crippen LogP) is 11.9. The molecule has 0 fully saturated rings. The molecule has 0 N–H and O–H groups in total. The maximum atomic E-state index is 2.59. The van der Waals surface area contributed by atoms with Gasteiger partial charge >= 0.3 is 0 Å². The van der Waals surface area contributed by atoms with Crippen LogP contribution in [0.1, 0.15) is 46.8 Å². The monoisotopic (exact) mass is 655 g/mol. The second-order valence-corrected chi connectivity index (χ2v) is 14.3. The number of allylic oxidation sites excluding steroid dienone is 4. The molecule has 7 aromatic rings. The first-order valence-electron chi connectivity index (χ1n) is 18.4. The summed E-state index contributed by atoms with van der Waals surface area (Å²) in [5.41, 5.74) is 17.1. The SMILES string of the molecule is C1=CC2c3cc(-n4c5ccccc5c5c(-n6c7c(c8c6CCC=C8)CCC=C7)cccc54)ccc3N(c3cccc(-c4ccccc4)c3)C2C=C1. The van der Waals surface area contributed by atoms with Gasteiger partial charge in [-0.05, 0) is 108 Å². The standard InChI is InChI=1S/C48H37N3/c1-2-14-32(15-3-1)33-16-12-17-34(30-33)49-41-22-8-6-20-38(41)40-31-35(28-29-45(40)49)50-44-25-11-7-21-39(44)48-46(50)26-13-27-47(48)51-42-23-9-4-18-36(42)37-19-5-10-24-43(37)51/h1-4,6-8,10-18,20-22,24-31,38,41H,5,9,19,23H2. The van der Waals surface area contributed by atoms with Crippen LogP contribution in [0.15, 0.2) is 152 Å². The van der Waals surface area contributed by atoms with Crippen molar-refractivity contribution in [3.8, 4) is 22.5 Å². The minimum atomic E-state index is 0.226. The fourth-order valence-electron chi connectivity index (χ4n) is 9.41. The highest BCUT2D eigenvalue weighted by atomic mass is 15.2. The van der Waals surface area contributed by atoms with E-state index in [0.29, 0.717) is 0 Å². The minimum absolute atomic E-state index is 0.226. The molecule has 1 aliphatic heterocycles. The van der Waals surface area contributed by atoms with E-state index in [1.54, 1.807) is 0 Å². The Morgan fingerprint density at radius 2 is 1.37 bits per heavy atom. The van der Waals surface area contributed by atoms with Crippen LogP contribution in [0.5, 0.6) is 0 Å². The van der Waals surface area contributed by atoms with Gasteiger partial charge < -0.3 is 14.0 Å². The number of aromatic nitrogens is 2. The summed E-state index contributed by atoms with van der Waals surface area (Å²) >= 11 is 0. The number of hydrogen-bond donors (Lipinski definition) is 0. The first-order valence-corrected chi connectivity index (χ1v) is 18.4. The van der Waals surface area contributed by atoms with Crippen LogP contribution in [0.2, 0.25) is 0 Å². The predicted molar refractivity (Wildman–Crippen MR) is 214 cm³/mol. The minimum Gasteiger partial charge on any atom is -0.333 e. The highest BCUT2D eigenvalue weighted by molar-refractivity contribution is 6.13. The van der Waals surface area contributed by atoms with E-state index in [1.807, 2.05) is 0 Å². The maximum absolute atomic E-state index is 2.59. The lowest BCUT2D eigenvalue weighted by Gasteiger charge is -2.29. The molecule has 3 nitrogen and oxygen atoms in total. The summed E-state index contributed by atoms with van der Waals surface area (Å²) in [7, 11) is 0. The molecular formula is C48H37N3. The molecule has 0 bridgehead atoms. The number of hydrogen-bond acceptors (Lipinski definition) is 1. The first-order chi connectivity index (χ1) is 25.3. The van der Waals surface area contributed by atoms with Crippen molar-refractivity contribution in [2.45, 2.75) is 37.6 Å². The van der Waals surface area contributed by atoms with Crippen LogP contribution in [0.3, 0.4) is 0 Å². The average molecular weight is 656 g/mol. The second-order valence-electron chi connectivity index (χ2n) is 14.3. The fraction of sp³-hybridized carbons (Fsp3) is 0.125. The van der Waals surface area contributed by atoms with Crippen LogP contribution in [-0.2, 0) is 12.8 Å². The summed E-state index contributed by atoms with van der Waals surface area (Å²) in [5, 5.41) is 2.61. The van der Waals surface area contributed by atoms with E-state index >= 15 is 0 Å². The molecule has 0 amide bonds. The molecule has 244 valence electrons. The number of rotatable bonds is 4. The molecule has 5 aromatic carbocycles. The third-order valence-electron chi connectivity index (χ3n) is 11.6. The van der Waals surface area contributed by atoms with Gasteiger partial charge in [0, 0.05) is 45.1 Å². The molecule has 3 heterocycles. The Kier molecular flexibility index (Phi) is 6.33. The third-order valence-corrected chi connectivity index (χ3v) is 11.6. The van der Waals surface area contributed by atoms with Crippen molar-refractivity contribution < 1.29 is 0 Å². The van der Waals surface area contributed by atoms with E-state index in [4.69, 9.17) is 0 Å². The summed E-state index contributed by atoms with van der Waals surface area (Å²) in [5.74, 6) is 0.270. The van der Waals surface area contributed by atoms with Gasteiger partial charge in [-0.2, -0.15) is 0 Å². The molecule has 3 heteroatoms. The van der Waals surface area contributed by atoms with Gasteiger partial charge in [0.05, 0.1) is 22.8 Å².